The molecule has 0 aromatic heterocycles. The summed E-state index contributed by atoms with van der Waals surface area (Å²) in [5.41, 5.74) is 3.20. The van der Waals surface area contributed by atoms with Gasteiger partial charge < -0.3 is 4.90 Å². The Kier molecular flexibility index (Phi) is 4.19. The molecule has 19 heavy (non-hydrogen) atoms. The van der Waals surface area contributed by atoms with Gasteiger partial charge in [0.2, 0.25) is 0 Å². The predicted octanol–water partition coefficient (Wildman–Crippen LogP) is 3.09. The van der Waals surface area contributed by atoms with Gasteiger partial charge >= 0.3 is 0 Å². The van der Waals surface area contributed by atoms with Gasteiger partial charge in [0.05, 0.1) is 0 Å². The Labute approximate surface area is 117 Å². The molecule has 1 heterocycles. The summed E-state index contributed by atoms with van der Waals surface area (Å²) in [4.78, 5) is 5.34. The lowest BCUT2D eigenvalue weighted by Gasteiger charge is -2.35. The summed E-state index contributed by atoms with van der Waals surface area (Å²) in [5, 5.41) is 0. The highest BCUT2D eigenvalue weighted by atomic mass is 15.2. The van der Waals surface area contributed by atoms with Gasteiger partial charge in [-0.1, -0.05) is 31.2 Å². The summed E-state index contributed by atoms with van der Waals surface area (Å²) < 4.78 is 0. The number of rotatable bonds is 2. The highest BCUT2D eigenvalue weighted by Gasteiger charge is 2.26. The Hall–Kier alpha value is -0.860. The molecule has 2 heteroatoms. The zero-order valence-electron chi connectivity index (χ0n) is 12.1. The molecule has 1 aromatic rings. The van der Waals surface area contributed by atoms with Crippen LogP contribution in [0.1, 0.15) is 43.4 Å². The summed E-state index contributed by atoms with van der Waals surface area (Å²) in [6.45, 7) is 8.53. The van der Waals surface area contributed by atoms with Gasteiger partial charge in [0.15, 0.2) is 0 Å². The van der Waals surface area contributed by atoms with Gasteiger partial charge in [-0.25, -0.2) is 0 Å². The number of aryl methyl sites for hydroxylation is 1. The molecular weight excluding hydrogens is 232 g/mol. The predicted molar refractivity (Wildman–Crippen MR) is 80.4 cm³/mol. The lowest BCUT2D eigenvalue weighted by atomic mass is 9.87. The second kappa shape index (κ2) is 6.06. The molecule has 1 aliphatic carbocycles. The quantitative estimate of drug-likeness (QED) is 0.804. The molecule has 3 rings (SSSR count). The summed E-state index contributed by atoms with van der Waals surface area (Å²) in [6, 6.07) is 9.79. The first-order valence-corrected chi connectivity index (χ1v) is 7.92. The van der Waals surface area contributed by atoms with Crippen molar-refractivity contribution in [3.63, 3.8) is 0 Å². The van der Waals surface area contributed by atoms with Gasteiger partial charge in [0.25, 0.3) is 0 Å². The molecule has 104 valence electrons. The van der Waals surface area contributed by atoms with E-state index in [2.05, 4.69) is 41.0 Å². The third kappa shape index (κ3) is 2.85. The van der Waals surface area contributed by atoms with E-state index in [1.807, 2.05) is 0 Å². The van der Waals surface area contributed by atoms with E-state index < -0.39 is 0 Å². The molecular formula is C17H26N2. The van der Waals surface area contributed by atoms with Crippen molar-refractivity contribution in [2.75, 3.05) is 32.7 Å². The van der Waals surface area contributed by atoms with Crippen molar-refractivity contribution in [1.82, 2.24) is 9.80 Å². The average Bonchev–Trinajstić information content (AvgIpc) is 2.72. The van der Waals surface area contributed by atoms with Crippen LogP contribution >= 0.6 is 0 Å². The zero-order chi connectivity index (χ0) is 13.1. The maximum atomic E-state index is 2.74. The number of hydrogen-bond donors (Lipinski definition) is 0. The first-order chi connectivity index (χ1) is 9.38. The van der Waals surface area contributed by atoms with Crippen LogP contribution in [0.5, 0.6) is 0 Å². The van der Waals surface area contributed by atoms with Crippen LogP contribution in [0.25, 0.3) is 0 Å². The van der Waals surface area contributed by atoms with E-state index >= 15 is 0 Å². The van der Waals surface area contributed by atoms with Crippen molar-refractivity contribution in [3.8, 4) is 0 Å². The molecule has 0 spiro atoms. The van der Waals surface area contributed by atoms with Crippen LogP contribution < -0.4 is 0 Å². The highest BCUT2D eigenvalue weighted by Crippen LogP contribution is 2.34. The molecule has 2 nitrogen and oxygen atoms in total. The van der Waals surface area contributed by atoms with E-state index in [0.717, 1.165) is 0 Å². The fourth-order valence-corrected chi connectivity index (χ4v) is 3.73. The third-order valence-corrected chi connectivity index (χ3v) is 4.85. The first-order valence-electron chi connectivity index (χ1n) is 7.92. The van der Waals surface area contributed by atoms with E-state index in [4.69, 9.17) is 0 Å². The minimum absolute atomic E-state index is 0.682. The molecule has 1 fully saturated rings. The molecule has 0 bridgehead atoms. The number of fused-ring (bicyclic) bond motifs is 1. The highest BCUT2D eigenvalue weighted by molar-refractivity contribution is 5.32. The summed E-state index contributed by atoms with van der Waals surface area (Å²) in [5.74, 6) is 0. The van der Waals surface area contributed by atoms with Crippen molar-refractivity contribution >= 4 is 0 Å². The Bertz CT molecular complexity index is 415. The van der Waals surface area contributed by atoms with Gasteiger partial charge in [-0.15, -0.1) is 0 Å². The largest absolute Gasteiger partial charge is 0.302 e. The maximum absolute atomic E-state index is 2.74. The van der Waals surface area contributed by atoms with Gasteiger partial charge in [-0.2, -0.15) is 0 Å². The van der Waals surface area contributed by atoms with Crippen LogP contribution in [-0.2, 0) is 6.42 Å². The molecule has 2 aliphatic rings. The van der Waals surface area contributed by atoms with E-state index in [1.54, 1.807) is 11.1 Å². The smallest absolute Gasteiger partial charge is 0.0351 e. The number of likely N-dealkylation sites (N-methyl/N-ethyl adjacent to an activating group) is 1. The minimum atomic E-state index is 0.682. The van der Waals surface area contributed by atoms with Crippen molar-refractivity contribution in [3.05, 3.63) is 35.4 Å². The van der Waals surface area contributed by atoms with Crippen LogP contribution in [0, 0.1) is 0 Å². The topological polar surface area (TPSA) is 6.48 Å². The van der Waals surface area contributed by atoms with Gasteiger partial charge in [0, 0.05) is 25.7 Å². The maximum Gasteiger partial charge on any atom is 0.0351 e. The summed E-state index contributed by atoms with van der Waals surface area (Å²) >= 11 is 0. The van der Waals surface area contributed by atoms with Crippen molar-refractivity contribution in [2.24, 2.45) is 0 Å². The second-order valence-corrected chi connectivity index (χ2v) is 5.93. The average molecular weight is 258 g/mol. The van der Waals surface area contributed by atoms with E-state index in [9.17, 15) is 0 Å². The molecule has 0 saturated carbocycles. The number of hydrogen-bond acceptors (Lipinski definition) is 2. The SMILES string of the molecule is CCN1CCCN([C@@H]2CCCc3ccccc32)CC1. The monoisotopic (exact) mass is 258 g/mol. The van der Waals surface area contributed by atoms with Gasteiger partial charge in [-0.3, -0.25) is 4.90 Å². The number of nitrogens with zero attached hydrogens (tertiary/aromatic N) is 2. The van der Waals surface area contributed by atoms with Crippen LogP contribution in [-0.4, -0.2) is 42.5 Å². The third-order valence-electron chi connectivity index (χ3n) is 4.85. The van der Waals surface area contributed by atoms with E-state index in [0.29, 0.717) is 6.04 Å². The van der Waals surface area contributed by atoms with Crippen molar-refractivity contribution in [1.29, 1.82) is 0 Å². The van der Waals surface area contributed by atoms with Gasteiger partial charge in [0.1, 0.15) is 0 Å². The van der Waals surface area contributed by atoms with Crippen LogP contribution in [0.2, 0.25) is 0 Å². The van der Waals surface area contributed by atoms with Crippen molar-refractivity contribution < 1.29 is 0 Å². The fourth-order valence-electron chi connectivity index (χ4n) is 3.73. The molecule has 1 aromatic carbocycles. The summed E-state index contributed by atoms with van der Waals surface area (Å²) in [6.07, 6.45) is 5.31. The first kappa shape index (κ1) is 13.1. The Morgan fingerprint density at radius 2 is 1.95 bits per heavy atom. The molecule has 1 aliphatic heterocycles. The fraction of sp³-hybridized carbons (Fsp3) is 0.647. The van der Waals surface area contributed by atoms with Crippen molar-refractivity contribution in [2.45, 2.75) is 38.6 Å². The second-order valence-electron chi connectivity index (χ2n) is 5.93. The molecule has 0 N–H and O–H groups in total. The molecule has 1 saturated heterocycles. The normalized spacial score (nSPS) is 25.8. The summed E-state index contributed by atoms with van der Waals surface area (Å²) in [7, 11) is 0. The zero-order valence-corrected chi connectivity index (χ0v) is 12.1. The Morgan fingerprint density at radius 3 is 2.84 bits per heavy atom. The van der Waals surface area contributed by atoms with Gasteiger partial charge in [-0.05, 0) is 49.9 Å². The Morgan fingerprint density at radius 1 is 1.05 bits per heavy atom. The van der Waals surface area contributed by atoms with E-state index in [1.165, 1.54) is 58.4 Å². The molecule has 0 unspecified atom stereocenters. The molecule has 0 amide bonds. The van der Waals surface area contributed by atoms with Crippen LogP contribution in [0.3, 0.4) is 0 Å². The lowest BCUT2D eigenvalue weighted by molar-refractivity contribution is 0.182. The molecule has 1 atom stereocenters. The van der Waals surface area contributed by atoms with E-state index in [-0.39, 0.29) is 0 Å². The molecule has 0 radical (unpaired) electrons. The lowest BCUT2D eigenvalue weighted by Crippen LogP contribution is -2.35. The Balaban J connectivity index is 1.76. The van der Waals surface area contributed by atoms with Crippen LogP contribution in [0.4, 0.5) is 0 Å². The van der Waals surface area contributed by atoms with Crippen LogP contribution in [0.15, 0.2) is 24.3 Å². The minimum Gasteiger partial charge on any atom is -0.302 e. The number of benzene rings is 1. The standard InChI is InChI=1S/C17H26N2/c1-2-18-11-6-12-19(14-13-18)17-10-5-8-15-7-3-4-9-16(15)17/h3-4,7,9,17H,2,5-6,8,10-14H2,1H3/t17-/m1/s1.